The molecule has 0 saturated heterocycles. The van der Waals surface area contributed by atoms with Crippen LogP contribution >= 0.6 is 0 Å². The van der Waals surface area contributed by atoms with Crippen molar-refractivity contribution in [2.24, 2.45) is 5.92 Å². The van der Waals surface area contributed by atoms with Crippen molar-refractivity contribution in [2.45, 2.75) is 45.4 Å². The summed E-state index contributed by atoms with van der Waals surface area (Å²) in [5.74, 6) is 0.724. The molecular weight excluding hydrogens is 430 g/mol. The second-order valence-corrected chi connectivity index (χ2v) is 9.53. The summed E-state index contributed by atoms with van der Waals surface area (Å²) >= 11 is 0. The van der Waals surface area contributed by atoms with Crippen LogP contribution in [0.15, 0.2) is 71.1 Å². The number of Topliss-reactive ketones (excluding diaryl/α,β-unsaturated/α-hetero) is 1. The lowest BCUT2D eigenvalue weighted by molar-refractivity contribution is -0.140. The van der Waals surface area contributed by atoms with E-state index in [1.54, 1.807) is 0 Å². The maximum absolute atomic E-state index is 13.6. The molecule has 0 unspecified atom stereocenters. The zero-order chi connectivity index (χ0) is 23.8. The Morgan fingerprint density at radius 3 is 2.59 bits per heavy atom. The maximum atomic E-state index is 13.6. The number of rotatable bonds is 5. The number of hydrogen-bond donors (Lipinski definition) is 1. The van der Waals surface area contributed by atoms with Gasteiger partial charge in [-0.1, -0.05) is 50.2 Å². The Kier molecular flexibility index (Phi) is 5.90. The highest BCUT2D eigenvalue weighted by molar-refractivity contribution is 6.04. The molecule has 2 heterocycles. The summed E-state index contributed by atoms with van der Waals surface area (Å²) in [6.45, 7) is 6.36. The molecule has 1 aliphatic carbocycles. The first-order valence-electron chi connectivity index (χ1n) is 11.8. The number of nitrogens with one attached hydrogen (secondary N) is 1. The lowest BCUT2D eigenvalue weighted by atomic mass is 9.71. The zero-order valence-corrected chi connectivity index (χ0v) is 19.7. The Morgan fingerprint density at radius 1 is 1.06 bits per heavy atom. The van der Waals surface area contributed by atoms with Crippen LogP contribution in [0.1, 0.15) is 56.6 Å². The molecule has 1 N–H and O–H groups in total. The highest BCUT2D eigenvalue weighted by atomic mass is 16.7. The third-order valence-electron chi connectivity index (χ3n) is 6.60. The molecule has 3 aliphatic rings. The fourth-order valence-electron chi connectivity index (χ4n) is 5.02. The van der Waals surface area contributed by atoms with Gasteiger partial charge in [0.15, 0.2) is 17.3 Å². The minimum atomic E-state index is -0.519. The number of carbonyl (C=O) groups excluding carboxylic acids is 2. The second kappa shape index (κ2) is 9.01. The van der Waals surface area contributed by atoms with Crippen LogP contribution in [0.2, 0.25) is 0 Å². The highest BCUT2D eigenvalue weighted by Gasteiger charge is 2.41. The molecule has 0 bridgehead atoms. The van der Waals surface area contributed by atoms with Gasteiger partial charge in [0.05, 0.1) is 12.2 Å². The smallest absolute Gasteiger partial charge is 0.336 e. The topological polar surface area (TPSA) is 73.9 Å². The lowest BCUT2D eigenvalue weighted by Crippen LogP contribution is -2.36. The normalized spacial score (nSPS) is 21.5. The number of fused-ring (bicyclic) bond motifs is 1. The van der Waals surface area contributed by atoms with Crippen molar-refractivity contribution < 1.29 is 23.8 Å². The van der Waals surface area contributed by atoms with E-state index in [4.69, 9.17) is 14.2 Å². The molecule has 2 atom stereocenters. The molecule has 6 nitrogen and oxygen atoms in total. The van der Waals surface area contributed by atoms with E-state index < -0.39 is 11.9 Å². The Morgan fingerprint density at radius 2 is 1.82 bits per heavy atom. The van der Waals surface area contributed by atoms with Gasteiger partial charge >= 0.3 is 5.97 Å². The van der Waals surface area contributed by atoms with Crippen molar-refractivity contribution >= 4 is 11.8 Å². The first kappa shape index (κ1) is 22.3. The van der Waals surface area contributed by atoms with E-state index in [1.165, 1.54) is 0 Å². The van der Waals surface area contributed by atoms with Gasteiger partial charge in [-0.2, -0.15) is 0 Å². The number of allylic oxidation sites excluding steroid dienone is 3. The number of ether oxygens (including phenoxy) is 3. The molecular formula is C28H29NO5. The van der Waals surface area contributed by atoms with E-state index in [0.717, 1.165) is 22.5 Å². The van der Waals surface area contributed by atoms with Gasteiger partial charge in [-0.3, -0.25) is 4.79 Å². The first-order chi connectivity index (χ1) is 16.4. The molecule has 2 aromatic carbocycles. The SMILES string of the molecule is CC1=C(C(=O)OCC(C)C)[C@H](c2ccc3c(c2)OCO3)C2=C(C[C@@H](c3ccccc3)CC2=O)N1. The van der Waals surface area contributed by atoms with E-state index in [0.29, 0.717) is 42.1 Å². The van der Waals surface area contributed by atoms with Crippen LogP contribution in [-0.2, 0) is 14.3 Å². The quantitative estimate of drug-likeness (QED) is 0.636. The summed E-state index contributed by atoms with van der Waals surface area (Å²) < 4.78 is 16.7. The van der Waals surface area contributed by atoms with Gasteiger partial charge in [0.1, 0.15) is 0 Å². The number of ketones is 1. The van der Waals surface area contributed by atoms with Crippen LogP contribution < -0.4 is 14.8 Å². The number of esters is 1. The van der Waals surface area contributed by atoms with Gasteiger partial charge in [-0.25, -0.2) is 4.79 Å². The molecule has 0 saturated carbocycles. The fraction of sp³-hybridized carbons (Fsp3) is 0.357. The average molecular weight is 460 g/mol. The highest BCUT2D eigenvalue weighted by Crippen LogP contribution is 2.47. The van der Waals surface area contributed by atoms with E-state index in [9.17, 15) is 9.59 Å². The van der Waals surface area contributed by atoms with Crippen LogP contribution in [0.3, 0.4) is 0 Å². The van der Waals surface area contributed by atoms with Gasteiger partial charge in [0.2, 0.25) is 6.79 Å². The molecule has 0 radical (unpaired) electrons. The third-order valence-corrected chi connectivity index (χ3v) is 6.60. The van der Waals surface area contributed by atoms with E-state index in [1.807, 2.05) is 57.2 Å². The molecule has 6 heteroatoms. The summed E-state index contributed by atoms with van der Waals surface area (Å²) in [7, 11) is 0. The standard InChI is InChI=1S/C28H29NO5/c1-16(2)14-32-28(31)25-17(3)29-21-11-20(18-7-5-4-6-8-18)12-22(30)27(21)26(25)19-9-10-23-24(13-19)34-15-33-23/h4-10,13,16,20,26,29H,11-12,14-15H2,1-3H3/t20-,26+/m1/s1. The maximum Gasteiger partial charge on any atom is 0.336 e. The average Bonchev–Trinajstić information content (AvgIpc) is 3.30. The summed E-state index contributed by atoms with van der Waals surface area (Å²) in [4.78, 5) is 26.9. The summed E-state index contributed by atoms with van der Waals surface area (Å²) in [6.07, 6.45) is 1.11. The Balaban J connectivity index is 1.57. The number of carbonyl (C=O) groups is 2. The third kappa shape index (κ3) is 4.09. The Labute approximate surface area is 199 Å². The molecule has 2 aliphatic heterocycles. The van der Waals surface area contributed by atoms with Crippen molar-refractivity contribution in [3.05, 3.63) is 82.2 Å². The minimum Gasteiger partial charge on any atom is -0.462 e. The summed E-state index contributed by atoms with van der Waals surface area (Å²) in [6, 6.07) is 15.7. The van der Waals surface area contributed by atoms with Gasteiger partial charge in [-0.15, -0.1) is 0 Å². The Hall–Kier alpha value is -3.54. The van der Waals surface area contributed by atoms with Gasteiger partial charge in [0.25, 0.3) is 0 Å². The lowest BCUT2D eigenvalue weighted by Gasteiger charge is -2.36. The van der Waals surface area contributed by atoms with Crippen molar-refractivity contribution in [3.8, 4) is 11.5 Å². The van der Waals surface area contributed by atoms with Crippen molar-refractivity contribution in [3.63, 3.8) is 0 Å². The van der Waals surface area contributed by atoms with Crippen molar-refractivity contribution in [1.82, 2.24) is 5.32 Å². The van der Waals surface area contributed by atoms with Gasteiger partial charge in [-0.05, 0) is 48.4 Å². The molecule has 0 amide bonds. The number of hydrogen-bond acceptors (Lipinski definition) is 6. The van der Waals surface area contributed by atoms with Gasteiger partial charge < -0.3 is 19.5 Å². The van der Waals surface area contributed by atoms with Crippen LogP contribution in [-0.4, -0.2) is 25.2 Å². The number of benzene rings is 2. The summed E-state index contributed by atoms with van der Waals surface area (Å²) in [5.41, 5.74) is 4.69. The monoisotopic (exact) mass is 459 g/mol. The summed E-state index contributed by atoms with van der Waals surface area (Å²) in [5, 5.41) is 3.40. The second-order valence-electron chi connectivity index (χ2n) is 9.53. The van der Waals surface area contributed by atoms with E-state index in [-0.39, 0.29) is 24.4 Å². The van der Waals surface area contributed by atoms with Crippen LogP contribution in [0.5, 0.6) is 11.5 Å². The molecule has 0 aromatic heterocycles. The number of dihydropyridines is 1. The minimum absolute atomic E-state index is 0.0481. The molecule has 2 aromatic rings. The molecule has 34 heavy (non-hydrogen) atoms. The largest absolute Gasteiger partial charge is 0.462 e. The fourth-order valence-corrected chi connectivity index (χ4v) is 5.02. The molecule has 0 spiro atoms. The Bertz CT molecular complexity index is 1190. The molecule has 0 fully saturated rings. The van der Waals surface area contributed by atoms with E-state index >= 15 is 0 Å². The first-order valence-corrected chi connectivity index (χ1v) is 11.8. The van der Waals surface area contributed by atoms with Crippen LogP contribution in [0.25, 0.3) is 0 Å². The van der Waals surface area contributed by atoms with Crippen molar-refractivity contribution in [2.75, 3.05) is 13.4 Å². The predicted octanol–water partition coefficient (Wildman–Crippen LogP) is 4.98. The van der Waals surface area contributed by atoms with Crippen LogP contribution in [0.4, 0.5) is 0 Å². The van der Waals surface area contributed by atoms with Crippen LogP contribution in [0, 0.1) is 5.92 Å². The van der Waals surface area contributed by atoms with E-state index in [2.05, 4.69) is 17.4 Å². The molecule has 176 valence electrons. The molecule has 5 rings (SSSR count). The predicted molar refractivity (Wildman–Crippen MR) is 127 cm³/mol. The van der Waals surface area contributed by atoms with Gasteiger partial charge in [0, 0.05) is 29.3 Å². The van der Waals surface area contributed by atoms with Crippen molar-refractivity contribution in [1.29, 1.82) is 0 Å². The zero-order valence-electron chi connectivity index (χ0n) is 19.7.